The van der Waals surface area contributed by atoms with E-state index in [-0.39, 0.29) is 29.9 Å². The fourth-order valence-electron chi connectivity index (χ4n) is 2.14. The van der Waals surface area contributed by atoms with Gasteiger partial charge in [-0.25, -0.2) is 13.1 Å². The molecule has 6 nitrogen and oxygen atoms in total. The summed E-state index contributed by atoms with van der Waals surface area (Å²) in [6.07, 6.45) is 2.02. The third-order valence-electron chi connectivity index (χ3n) is 3.48. The fourth-order valence-corrected chi connectivity index (χ4v) is 4.49. The van der Waals surface area contributed by atoms with Crippen molar-refractivity contribution in [2.75, 3.05) is 20.8 Å². The van der Waals surface area contributed by atoms with Gasteiger partial charge in [0, 0.05) is 23.1 Å². The van der Waals surface area contributed by atoms with E-state index in [2.05, 4.69) is 20.7 Å². The highest BCUT2D eigenvalue weighted by Gasteiger charge is 2.34. The molecule has 1 fully saturated rings. The Morgan fingerprint density at radius 2 is 1.86 bits per heavy atom. The number of sulfonamides is 1. The number of hydrogen-bond acceptors (Lipinski definition) is 5. The molecule has 3 N–H and O–H groups in total. The van der Waals surface area contributed by atoms with E-state index >= 15 is 0 Å². The topological polar surface area (TPSA) is 90.7 Å². The van der Waals surface area contributed by atoms with Crippen LogP contribution in [0.15, 0.2) is 21.5 Å². The number of rotatable bonds is 7. The first-order valence-electron chi connectivity index (χ1n) is 6.57. The Labute approximate surface area is 145 Å². The molecular formula is C13H20BrClN2O4S. The van der Waals surface area contributed by atoms with Crippen molar-refractivity contribution >= 4 is 38.4 Å². The average Bonchev–Trinajstić information content (AvgIpc) is 3.28. The molecule has 0 aliphatic heterocycles. The molecule has 1 aromatic rings. The van der Waals surface area contributed by atoms with Crippen molar-refractivity contribution in [3.63, 3.8) is 0 Å². The molecule has 126 valence electrons. The van der Waals surface area contributed by atoms with Crippen LogP contribution in [0.25, 0.3) is 0 Å². The lowest BCUT2D eigenvalue weighted by molar-refractivity contribution is 0.353. The molecule has 2 rings (SSSR count). The number of methoxy groups -OCH3 is 2. The molecule has 0 spiro atoms. The van der Waals surface area contributed by atoms with Crippen molar-refractivity contribution in [2.24, 2.45) is 11.7 Å². The van der Waals surface area contributed by atoms with Crippen molar-refractivity contribution in [3.05, 3.63) is 16.6 Å². The number of nitrogens with one attached hydrogen (secondary N) is 1. The highest BCUT2D eigenvalue weighted by molar-refractivity contribution is 9.10. The van der Waals surface area contributed by atoms with E-state index < -0.39 is 10.0 Å². The van der Waals surface area contributed by atoms with Crippen LogP contribution in [0.3, 0.4) is 0 Å². The van der Waals surface area contributed by atoms with Crippen molar-refractivity contribution in [1.82, 2.24) is 4.72 Å². The summed E-state index contributed by atoms with van der Waals surface area (Å²) in [6, 6.07) is 2.78. The number of hydrogen-bond donors (Lipinski definition) is 2. The third kappa shape index (κ3) is 4.26. The first-order valence-corrected chi connectivity index (χ1v) is 8.84. The molecule has 1 aliphatic carbocycles. The van der Waals surface area contributed by atoms with E-state index in [0.29, 0.717) is 21.9 Å². The highest BCUT2D eigenvalue weighted by atomic mass is 79.9. The van der Waals surface area contributed by atoms with Gasteiger partial charge in [-0.15, -0.1) is 12.4 Å². The summed E-state index contributed by atoms with van der Waals surface area (Å²) < 4.78 is 38.4. The lowest BCUT2D eigenvalue weighted by Gasteiger charge is -2.18. The van der Waals surface area contributed by atoms with Crippen molar-refractivity contribution in [2.45, 2.75) is 23.8 Å². The molecule has 9 heteroatoms. The SMILES string of the molecule is COc1cc(Br)c(S(=O)(=O)NC(CN)C2CC2)cc1OC.Cl. The molecule has 1 aromatic carbocycles. The first-order chi connectivity index (χ1) is 9.92. The van der Waals surface area contributed by atoms with Gasteiger partial charge in [-0.1, -0.05) is 0 Å². The Morgan fingerprint density at radius 3 is 2.32 bits per heavy atom. The molecule has 1 unspecified atom stereocenters. The summed E-state index contributed by atoms with van der Waals surface area (Å²) in [5.74, 6) is 1.15. The normalized spacial score (nSPS) is 15.8. The van der Waals surface area contributed by atoms with Crippen LogP contribution in [0, 0.1) is 5.92 Å². The lowest BCUT2D eigenvalue weighted by Crippen LogP contribution is -2.41. The molecule has 1 atom stereocenters. The second-order valence-electron chi connectivity index (χ2n) is 4.94. The Kier molecular flexibility index (Phi) is 6.94. The monoisotopic (exact) mass is 414 g/mol. The Morgan fingerprint density at radius 1 is 1.32 bits per heavy atom. The molecular weight excluding hydrogens is 396 g/mol. The standard InChI is InChI=1S/C13H19BrN2O4S.ClH/c1-19-11-5-9(14)13(6-12(11)20-2)21(17,18)16-10(7-15)8-3-4-8;/h5-6,8,10,16H,3-4,7,15H2,1-2H3;1H. The largest absolute Gasteiger partial charge is 0.493 e. The molecule has 1 aliphatic rings. The second kappa shape index (κ2) is 7.83. The Hall–Kier alpha value is -0.540. The zero-order valence-electron chi connectivity index (χ0n) is 12.3. The van der Waals surface area contributed by atoms with Gasteiger partial charge < -0.3 is 15.2 Å². The maximum Gasteiger partial charge on any atom is 0.242 e. The summed E-state index contributed by atoms with van der Waals surface area (Å²) >= 11 is 3.27. The van der Waals surface area contributed by atoms with Crippen LogP contribution in [0.2, 0.25) is 0 Å². The molecule has 0 saturated heterocycles. The predicted octanol–water partition coefficient (Wildman–Crippen LogP) is 1.90. The molecule has 1 saturated carbocycles. The Balaban J connectivity index is 0.00000242. The second-order valence-corrected chi connectivity index (χ2v) is 7.48. The quantitative estimate of drug-likeness (QED) is 0.710. The zero-order valence-corrected chi connectivity index (χ0v) is 15.6. The molecule has 0 aromatic heterocycles. The van der Waals surface area contributed by atoms with Gasteiger partial charge in [-0.3, -0.25) is 0 Å². The number of nitrogens with two attached hydrogens (primary N) is 1. The fraction of sp³-hybridized carbons (Fsp3) is 0.538. The van der Waals surface area contributed by atoms with Gasteiger partial charge in [0.1, 0.15) is 4.90 Å². The van der Waals surface area contributed by atoms with Gasteiger partial charge in [-0.05, 0) is 40.8 Å². The average molecular weight is 416 g/mol. The minimum absolute atomic E-state index is 0. The summed E-state index contributed by atoms with van der Waals surface area (Å²) in [5.41, 5.74) is 5.66. The first kappa shape index (κ1) is 19.5. The number of benzene rings is 1. The van der Waals surface area contributed by atoms with Crippen LogP contribution in [-0.4, -0.2) is 35.2 Å². The molecule has 0 bridgehead atoms. The van der Waals surface area contributed by atoms with Crippen LogP contribution in [0.1, 0.15) is 12.8 Å². The van der Waals surface area contributed by atoms with E-state index in [1.807, 2.05) is 0 Å². The highest BCUT2D eigenvalue weighted by Crippen LogP contribution is 2.37. The van der Waals surface area contributed by atoms with Crippen molar-refractivity contribution in [1.29, 1.82) is 0 Å². The third-order valence-corrected chi connectivity index (χ3v) is 5.93. The lowest BCUT2D eigenvalue weighted by atomic mass is 10.2. The molecule has 0 heterocycles. The van der Waals surface area contributed by atoms with Gasteiger partial charge in [0.05, 0.1) is 14.2 Å². The summed E-state index contributed by atoms with van der Waals surface area (Å²) in [7, 11) is -0.722. The van der Waals surface area contributed by atoms with Crippen LogP contribution in [-0.2, 0) is 10.0 Å². The van der Waals surface area contributed by atoms with Crippen molar-refractivity contribution in [3.8, 4) is 11.5 Å². The van der Waals surface area contributed by atoms with Gasteiger partial charge in [0.2, 0.25) is 10.0 Å². The minimum atomic E-state index is -3.68. The maximum absolute atomic E-state index is 12.5. The van der Waals surface area contributed by atoms with Gasteiger partial charge >= 0.3 is 0 Å². The van der Waals surface area contributed by atoms with E-state index in [0.717, 1.165) is 12.8 Å². The van der Waals surface area contributed by atoms with Crippen molar-refractivity contribution < 1.29 is 17.9 Å². The summed E-state index contributed by atoms with van der Waals surface area (Å²) in [5, 5.41) is 0. The summed E-state index contributed by atoms with van der Waals surface area (Å²) in [6.45, 7) is 0.287. The minimum Gasteiger partial charge on any atom is -0.493 e. The molecule has 0 amide bonds. The van der Waals surface area contributed by atoms with Crippen LogP contribution in [0.4, 0.5) is 0 Å². The Bertz CT molecular complexity index is 623. The van der Waals surface area contributed by atoms with E-state index in [1.54, 1.807) is 6.07 Å². The number of ether oxygens (including phenoxy) is 2. The van der Waals surface area contributed by atoms with Gasteiger partial charge in [0.15, 0.2) is 11.5 Å². The van der Waals surface area contributed by atoms with E-state index in [9.17, 15) is 8.42 Å². The zero-order chi connectivity index (χ0) is 15.6. The van der Waals surface area contributed by atoms with Crippen LogP contribution >= 0.6 is 28.3 Å². The smallest absolute Gasteiger partial charge is 0.242 e. The molecule has 22 heavy (non-hydrogen) atoms. The summed E-state index contributed by atoms with van der Waals surface area (Å²) in [4.78, 5) is 0.110. The van der Waals surface area contributed by atoms with Gasteiger partial charge in [0.25, 0.3) is 0 Å². The predicted molar refractivity (Wildman–Crippen MR) is 90.4 cm³/mol. The van der Waals surface area contributed by atoms with E-state index in [4.69, 9.17) is 15.2 Å². The maximum atomic E-state index is 12.5. The number of halogens is 2. The molecule has 0 radical (unpaired) electrons. The van der Waals surface area contributed by atoms with Crippen LogP contribution in [0.5, 0.6) is 11.5 Å². The van der Waals surface area contributed by atoms with E-state index in [1.165, 1.54) is 20.3 Å². The van der Waals surface area contributed by atoms with Gasteiger partial charge in [-0.2, -0.15) is 0 Å². The van der Waals surface area contributed by atoms with Crippen LogP contribution < -0.4 is 19.9 Å².